The highest BCUT2D eigenvalue weighted by molar-refractivity contribution is 7.87. The van der Waals surface area contributed by atoms with Gasteiger partial charge in [-0.1, -0.05) is 53.5 Å². The van der Waals surface area contributed by atoms with Crippen LogP contribution in [0.2, 0.25) is 10.0 Å². The maximum atomic E-state index is 13.4. The molecule has 0 aliphatic carbocycles. The average Bonchev–Trinajstić information content (AvgIpc) is 3.01. The van der Waals surface area contributed by atoms with Crippen LogP contribution in [0.1, 0.15) is 18.1 Å². The summed E-state index contributed by atoms with van der Waals surface area (Å²) in [5.41, 5.74) is 1.00. The predicted molar refractivity (Wildman–Crippen MR) is 168 cm³/mol. The van der Waals surface area contributed by atoms with Crippen LogP contribution in [0, 0.1) is 0 Å². The lowest BCUT2D eigenvalue weighted by Crippen LogP contribution is -2.54. The predicted octanol–water partition coefficient (Wildman–Crippen LogP) is 6.41. The second-order valence-electron chi connectivity index (χ2n) is 9.48. The van der Waals surface area contributed by atoms with E-state index in [-0.39, 0.29) is 44.8 Å². The second-order valence-corrected chi connectivity index (χ2v) is 11.9. The molecule has 0 atom stereocenters. The number of hydrogen-bond acceptors (Lipinski definition) is 8. The molecule has 1 aliphatic heterocycles. The second kappa shape index (κ2) is 13.4. The Kier molecular flexibility index (Phi) is 9.43. The number of carbonyl (C=O) groups is 3. The van der Waals surface area contributed by atoms with Crippen LogP contribution in [-0.4, -0.2) is 32.9 Å². The summed E-state index contributed by atoms with van der Waals surface area (Å²) in [6.45, 7) is 2.10. The summed E-state index contributed by atoms with van der Waals surface area (Å²) in [5, 5.41) is 2.32. The molecule has 0 aromatic heterocycles. The Balaban J connectivity index is 1.40. The van der Waals surface area contributed by atoms with Crippen LogP contribution in [0.3, 0.4) is 0 Å². The van der Waals surface area contributed by atoms with Crippen molar-refractivity contribution >= 4 is 62.9 Å². The highest BCUT2D eigenvalue weighted by atomic mass is 35.5. The molecule has 45 heavy (non-hydrogen) atoms. The van der Waals surface area contributed by atoms with Gasteiger partial charge in [0.2, 0.25) is 5.75 Å². The van der Waals surface area contributed by atoms with Crippen molar-refractivity contribution in [2.24, 2.45) is 0 Å². The zero-order valence-electron chi connectivity index (χ0n) is 23.5. The molecule has 0 radical (unpaired) electrons. The van der Waals surface area contributed by atoms with E-state index in [1.165, 1.54) is 54.6 Å². The van der Waals surface area contributed by atoms with Gasteiger partial charge in [0, 0.05) is 5.02 Å². The Labute approximate surface area is 268 Å². The van der Waals surface area contributed by atoms with Crippen molar-refractivity contribution in [2.75, 3.05) is 11.5 Å². The van der Waals surface area contributed by atoms with Crippen molar-refractivity contribution in [3.63, 3.8) is 0 Å². The summed E-state index contributed by atoms with van der Waals surface area (Å²) in [7, 11) is -4.33. The standard InChI is InChI=1S/C32H24Cl2N2O8S/c1-2-42-28-18-21(17-27(34)29(28)44-45(40,41)25-14-8-22(33)9-15-25)16-26-30(37)35-32(39)36(31(26)38)23-10-12-24(13-11-23)43-19-20-6-4-3-5-7-20/h3-18H,2,19H2,1H3,(H,35,37,39)/b26-16+. The fourth-order valence-electron chi connectivity index (χ4n) is 4.27. The van der Waals surface area contributed by atoms with Crippen molar-refractivity contribution in [1.29, 1.82) is 0 Å². The molecule has 4 aromatic rings. The third-order valence-corrected chi connectivity index (χ3v) is 8.15. The number of barbiturate groups is 1. The molecular formula is C32H24Cl2N2O8S. The molecule has 0 unspecified atom stereocenters. The van der Waals surface area contributed by atoms with Gasteiger partial charge in [0.05, 0.1) is 17.3 Å². The fraction of sp³-hybridized carbons (Fsp3) is 0.0938. The van der Waals surface area contributed by atoms with Crippen LogP contribution in [0.25, 0.3) is 6.08 Å². The topological polar surface area (TPSA) is 128 Å². The molecule has 230 valence electrons. The molecule has 1 saturated heterocycles. The molecule has 1 aliphatic rings. The molecular weight excluding hydrogens is 643 g/mol. The summed E-state index contributed by atoms with van der Waals surface area (Å²) in [6, 6.07) is 22.8. The third-order valence-electron chi connectivity index (χ3n) is 6.38. The van der Waals surface area contributed by atoms with E-state index in [1.807, 2.05) is 30.3 Å². The highest BCUT2D eigenvalue weighted by Crippen LogP contribution is 2.39. The maximum Gasteiger partial charge on any atom is 0.339 e. The van der Waals surface area contributed by atoms with Crippen LogP contribution in [0.15, 0.2) is 101 Å². The molecule has 1 N–H and O–H groups in total. The molecule has 4 amide bonds. The first kappa shape index (κ1) is 31.6. The third kappa shape index (κ3) is 7.28. The van der Waals surface area contributed by atoms with Crippen LogP contribution in [0.5, 0.6) is 17.2 Å². The summed E-state index contributed by atoms with van der Waals surface area (Å²) in [6.07, 6.45) is 1.21. The van der Waals surface area contributed by atoms with E-state index in [4.69, 9.17) is 36.9 Å². The summed E-state index contributed by atoms with van der Waals surface area (Å²) in [5.74, 6) is -1.65. The van der Waals surface area contributed by atoms with E-state index in [2.05, 4.69) is 5.32 Å². The van der Waals surface area contributed by atoms with Crippen molar-refractivity contribution in [3.05, 3.63) is 118 Å². The van der Waals surface area contributed by atoms with Crippen LogP contribution < -0.4 is 23.9 Å². The molecule has 0 bridgehead atoms. The van der Waals surface area contributed by atoms with Gasteiger partial charge in [0.15, 0.2) is 5.75 Å². The minimum Gasteiger partial charge on any atom is -0.490 e. The van der Waals surface area contributed by atoms with E-state index >= 15 is 0 Å². The van der Waals surface area contributed by atoms with Crippen LogP contribution >= 0.6 is 23.2 Å². The lowest BCUT2D eigenvalue weighted by atomic mass is 10.1. The van der Waals surface area contributed by atoms with Crippen molar-refractivity contribution in [1.82, 2.24) is 5.32 Å². The first-order valence-electron chi connectivity index (χ1n) is 13.4. The number of benzene rings is 4. The van der Waals surface area contributed by atoms with Crippen LogP contribution in [-0.2, 0) is 26.3 Å². The SMILES string of the molecule is CCOc1cc(/C=C2\C(=O)NC(=O)N(c3ccc(OCc4ccccc4)cc3)C2=O)cc(Cl)c1OS(=O)(=O)c1ccc(Cl)cc1. The van der Waals surface area contributed by atoms with Crippen molar-refractivity contribution in [2.45, 2.75) is 18.4 Å². The van der Waals surface area contributed by atoms with Gasteiger partial charge >= 0.3 is 16.1 Å². The van der Waals surface area contributed by atoms with E-state index in [0.29, 0.717) is 17.4 Å². The monoisotopic (exact) mass is 666 g/mol. The first-order valence-corrected chi connectivity index (χ1v) is 15.6. The number of rotatable bonds is 10. The number of hydrogen-bond donors (Lipinski definition) is 1. The minimum atomic E-state index is -4.33. The summed E-state index contributed by atoms with van der Waals surface area (Å²) < 4.78 is 42.5. The molecule has 4 aromatic carbocycles. The Morgan fingerprint density at radius 1 is 0.867 bits per heavy atom. The lowest BCUT2D eigenvalue weighted by molar-refractivity contribution is -0.122. The number of carbonyl (C=O) groups excluding carboxylic acids is 3. The number of imide groups is 2. The number of ether oxygens (including phenoxy) is 2. The molecule has 13 heteroatoms. The normalized spacial score (nSPS) is 14.3. The van der Waals surface area contributed by atoms with Gasteiger partial charge in [-0.3, -0.25) is 14.9 Å². The number of urea groups is 1. The van der Waals surface area contributed by atoms with Crippen molar-refractivity contribution in [3.8, 4) is 17.2 Å². The summed E-state index contributed by atoms with van der Waals surface area (Å²) >= 11 is 12.3. The van der Waals surface area contributed by atoms with Gasteiger partial charge in [-0.25, -0.2) is 9.69 Å². The lowest BCUT2D eigenvalue weighted by Gasteiger charge is -2.26. The Morgan fingerprint density at radius 2 is 1.56 bits per heavy atom. The van der Waals surface area contributed by atoms with Gasteiger partial charge in [-0.05, 0) is 84.8 Å². The number of halogens is 2. The maximum absolute atomic E-state index is 13.4. The quantitative estimate of drug-likeness (QED) is 0.117. The average molecular weight is 668 g/mol. The van der Waals surface area contributed by atoms with Gasteiger partial charge in [-0.15, -0.1) is 0 Å². The minimum absolute atomic E-state index is 0.0583. The fourth-order valence-corrected chi connectivity index (χ4v) is 5.65. The summed E-state index contributed by atoms with van der Waals surface area (Å²) in [4.78, 5) is 39.6. The van der Waals surface area contributed by atoms with Crippen molar-refractivity contribution < 1.29 is 36.5 Å². The van der Waals surface area contributed by atoms with Gasteiger partial charge in [0.25, 0.3) is 11.8 Å². The molecule has 0 spiro atoms. The largest absolute Gasteiger partial charge is 0.490 e. The Morgan fingerprint density at radius 3 is 2.22 bits per heavy atom. The molecule has 0 saturated carbocycles. The molecule has 1 fully saturated rings. The molecule has 10 nitrogen and oxygen atoms in total. The highest BCUT2D eigenvalue weighted by Gasteiger charge is 2.37. The van der Waals surface area contributed by atoms with E-state index < -0.39 is 28.0 Å². The zero-order chi connectivity index (χ0) is 32.1. The van der Waals surface area contributed by atoms with Gasteiger partial charge in [-0.2, -0.15) is 8.42 Å². The number of amides is 4. The molecule has 5 rings (SSSR count). The first-order chi connectivity index (χ1) is 21.6. The van der Waals surface area contributed by atoms with E-state index in [0.717, 1.165) is 10.5 Å². The van der Waals surface area contributed by atoms with E-state index in [9.17, 15) is 22.8 Å². The van der Waals surface area contributed by atoms with Gasteiger partial charge < -0.3 is 13.7 Å². The van der Waals surface area contributed by atoms with Gasteiger partial charge in [0.1, 0.15) is 22.8 Å². The molecule has 1 heterocycles. The smallest absolute Gasteiger partial charge is 0.339 e. The zero-order valence-corrected chi connectivity index (χ0v) is 25.9. The number of nitrogens with one attached hydrogen (secondary N) is 1. The Hall–Kier alpha value is -4.84. The van der Waals surface area contributed by atoms with Crippen LogP contribution in [0.4, 0.5) is 10.5 Å². The number of anilines is 1. The van der Waals surface area contributed by atoms with E-state index in [1.54, 1.807) is 19.1 Å². The number of nitrogens with zero attached hydrogens (tertiary/aromatic N) is 1. The Bertz CT molecular complexity index is 1900.